The largest absolute Gasteiger partial charge is 0.507 e. The molecular formula is C21H24N2O7S. The molecule has 1 fully saturated rings. The van der Waals surface area contributed by atoms with Crippen molar-refractivity contribution in [2.24, 2.45) is 0 Å². The van der Waals surface area contributed by atoms with Crippen molar-refractivity contribution >= 4 is 21.9 Å². The van der Waals surface area contributed by atoms with Gasteiger partial charge in [-0.3, -0.25) is 4.79 Å². The number of hydrogen-bond acceptors (Lipinski definition) is 7. The average Bonchev–Trinajstić information content (AvgIpc) is 2.78. The number of carbonyl (C=O) groups is 2. The van der Waals surface area contributed by atoms with Crippen LogP contribution in [-0.4, -0.2) is 74.6 Å². The standard InChI is InChI=1S/C21H24N2O7S/c1-22(14-16-5-3-2-4-6-16)20(25)15-30-21(26)18-13-17(7-8-19(18)24)31(27,28)23-9-11-29-12-10-23/h2-8,13,24H,9-12,14-15H2,1H3. The van der Waals surface area contributed by atoms with Crippen molar-refractivity contribution in [1.29, 1.82) is 0 Å². The maximum Gasteiger partial charge on any atom is 0.342 e. The minimum Gasteiger partial charge on any atom is -0.507 e. The van der Waals surface area contributed by atoms with Gasteiger partial charge in [0.2, 0.25) is 10.0 Å². The van der Waals surface area contributed by atoms with Crippen LogP contribution in [-0.2, 0) is 30.8 Å². The number of sulfonamides is 1. The maximum absolute atomic E-state index is 12.8. The average molecular weight is 448 g/mol. The van der Waals surface area contributed by atoms with Crippen molar-refractivity contribution < 1.29 is 32.6 Å². The van der Waals surface area contributed by atoms with Crippen LogP contribution in [0.3, 0.4) is 0 Å². The second kappa shape index (κ2) is 9.90. The summed E-state index contributed by atoms with van der Waals surface area (Å²) in [4.78, 5) is 26.0. The van der Waals surface area contributed by atoms with Gasteiger partial charge in [-0.25, -0.2) is 13.2 Å². The molecule has 1 amide bonds. The molecule has 0 radical (unpaired) electrons. The quantitative estimate of drug-likeness (QED) is 0.634. The fraction of sp³-hybridized carbons (Fsp3) is 0.333. The first-order chi connectivity index (χ1) is 14.8. The lowest BCUT2D eigenvalue weighted by atomic mass is 10.2. The Labute approximate surface area is 180 Å². The van der Waals surface area contributed by atoms with Gasteiger partial charge in [0.1, 0.15) is 11.3 Å². The van der Waals surface area contributed by atoms with E-state index >= 15 is 0 Å². The van der Waals surface area contributed by atoms with Crippen LogP contribution >= 0.6 is 0 Å². The Morgan fingerprint density at radius 1 is 1.13 bits per heavy atom. The highest BCUT2D eigenvalue weighted by molar-refractivity contribution is 7.89. The molecule has 1 saturated heterocycles. The summed E-state index contributed by atoms with van der Waals surface area (Å²) in [5.41, 5.74) is 0.594. The Balaban J connectivity index is 1.66. The molecule has 0 aliphatic carbocycles. The van der Waals surface area contributed by atoms with Crippen LogP contribution in [0.25, 0.3) is 0 Å². The first-order valence-corrected chi connectivity index (χ1v) is 11.1. The van der Waals surface area contributed by atoms with Gasteiger partial charge in [0, 0.05) is 26.7 Å². The molecule has 1 N–H and O–H groups in total. The predicted octanol–water partition coefficient (Wildman–Crippen LogP) is 1.23. The number of phenols is 1. The Kier molecular flexibility index (Phi) is 7.26. The van der Waals surface area contributed by atoms with Crippen molar-refractivity contribution in [2.75, 3.05) is 40.0 Å². The van der Waals surface area contributed by atoms with Crippen LogP contribution in [0.4, 0.5) is 0 Å². The minimum atomic E-state index is -3.85. The molecule has 0 bridgehead atoms. The summed E-state index contributed by atoms with van der Waals surface area (Å²) in [6.07, 6.45) is 0. The van der Waals surface area contributed by atoms with Crippen LogP contribution in [0.2, 0.25) is 0 Å². The summed E-state index contributed by atoms with van der Waals surface area (Å²) in [5.74, 6) is -1.86. The van der Waals surface area contributed by atoms with Gasteiger partial charge in [-0.2, -0.15) is 4.31 Å². The number of carbonyl (C=O) groups excluding carboxylic acids is 2. The number of ether oxygens (including phenoxy) is 2. The zero-order valence-electron chi connectivity index (χ0n) is 17.1. The smallest absolute Gasteiger partial charge is 0.342 e. The normalized spacial score (nSPS) is 14.7. The summed E-state index contributed by atoms with van der Waals surface area (Å²) < 4.78 is 37.0. The summed E-state index contributed by atoms with van der Waals surface area (Å²) in [7, 11) is -2.28. The van der Waals surface area contributed by atoms with Gasteiger partial charge < -0.3 is 19.5 Å². The van der Waals surface area contributed by atoms with E-state index in [1.165, 1.54) is 15.3 Å². The number of esters is 1. The van der Waals surface area contributed by atoms with Crippen LogP contribution in [0.1, 0.15) is 15.9 Å². The molecule has 2 aromatic rings. The van der Waals surface area contributed by atoms with Crippen LogP contribution in [0.5, 0.6) is 5.75 Å². The number of aromatic hydroxyl groups is 1. The Bertz CT molecular complexity index is 1030. The second-order valence-electron chi connectivity index (χ2n) is 7.01. The molecule has 0 aromatic heterocycles. The van der Waals surface area contributed by atoms with E-state index in [4.69, 9.17) is 9.47 Å². The Hall–Kier alpha value is -2.95. The van der Waals surface area contributed by atoms with Crippen molar-refractivity contribution in [2.45, 2.75) is 11.4 Å². The predicted molar refractivity (Wildman–Crippen MR) is 111 cm³/mol. The molecule has 31 heavy (non-hydrogen) atoms. The molecule has 10 heteroatoms. The van der Waals surface area contributed by atoms with E-state index in [-0.39, 0.29) is 36.8 Å². The molecule has 0 atom stereocenters. The van der Waals surface area contributed by atoms with Crippen molar-refractivity contribution in [1.82, 2.24) is 9.21 Å². The number of phenolic OH excluding ortho intramolecular Hbond substituents is 1. The second-order valence-corrected chi connectivity index (χ2v) is 8.94. The van der Waals surface area contributed by atoms with Gasteiger partial charge in [0.15, 0.2) is 6.61 Å². The number of benzene rings is 2. The highest BCUT2D eigenvalue weighted by Crippen LogP contribution is 2.25. The minimum absolute atomic E-state index is 0.147. The van der Waals surface area contributed by atoms with Crippen molar-refractivity contribution in [3.8, 4) is 5.75 Å². The molecule has 1 aliphatic rings. The van der Waals surface area contributed by atoms with Crippen LogP contribution < -0.4 is 0 Å². The molecule has 2 aromatic carbocycles. The summed E-state index contributed by atoms with van der Waals surface area (Å²) >= 11 is 0. The fourth-order valence-electron chi connectivity index (χ4n) is 3.04. The van der Waals surface area contributed by atoms with Gasteiger partial charge in [-0.05, 0) is 23.8 Å². The van der Waals surface area contributed by atoms with E-state index in [2.05, 4.69) is 0 Å². The highest BCUT2D eigenvalue weighted by Gasteiger charge is 2.28. The number of rotatable bonds is 7. The molecule has 9 nitrogen and oxygen atoms in total. The lowest BCUT2D eigenvalue weighted by Crippen LogP contribution is -2.40. The third kappa shape index (κ3) is 5.60. The van der Waals surface area contributed by atoms with E-state index in [1.54, 1.807) is 7.05 Å². The summed E-state index contributed by atoms with van der Waals surface area (Å²) in [6.45, 7) is 0.768. The Morgan fingerprint density at radius 3 is 2.48 bits per heavy atom. The summed E-state index contributed by atoms with van der Waals surface area (Å²) in [6, 6.07) is 12.7. The fourth-order valence-corrected chi connectivity index (χ4v) is 4.47. The topological polar surface area (TPSA) is 113 Å². The van der Waals surface area contributed by atoms with Crippen molar-refractivity contribution in [3.05, 3.63) is 59.7 Å². The summed E-state index contributed by atoms with van der Waals surface area (Å²) in [5, 5.41) is 10.0. The van der Waals surface area contributed by atoms with Gasteiger partial charge in [0.05, 0.1) is 18.1 Å². The lowest BCUT2D eigenvalue weighted by molar-refractivity contribution is -0.133. The molecular weight excluding hydrogens is 424 g/mol. The van der Waals surface area contributed by atoms with Gasteiger partial charge in [0.25, 0.3) is 5.91 Å². The first-order valence-electron chi connectivity index (χ1n) is 9.65. The molecule has 166 valence electrons. The van der Waals surface area contributed by atoms with E-state index in [1.807, 2.05) is 30.3 Å². The third-order valence-electron chi connectivity index (χ3n) is 4.81. The van der Waals surface area contributed by atoms with Crippen LogP contribution in [0.15, 0.2) is 53.4 Å². The molecule has 1 heterocycles. The number of likely N-dealkylation sites (N-methyl/N-ethyl adjacent to an activating group) is 1. The monoisotopic (exact) mass is 448 g/mol. The maximum atomic E-state index is 12.8. The van der Waals surface area contributed by atoms with Crippen molar-refractivity contribution in [3.63, 3.8) is 0 Å². The molecule has 0 spiro atoms. The first kappa shape index (κ1) is 22.7. The van der Waals surface area contributed by atoms with Gasteiger partial charge in [-0.1, -0.05) is 30.3 Å². The molecule has 0 saturated carbocycles. The van der Waals surface area contributed by atoms with Gasteiger partial charge >= 0.3 is 5.97 Å². The number of hydrogen-bond donors (Lipinski definition) is 1. The van der Waals surface area contributed by atoms with E-state index in [0.29, 0.717) is 6.54 Å². The highest BCUT2D eigenvalue weighted by atomic mass is 32.2. The number of amides is 1. The van der Waals surface area contributed by atoms with Crippen LogP contribution in [0, 0.1) is 0 Å². The lowest BCUT2D eigenvalue weighted by Gasteiger charge is -2.26. The molecule has 3 rings (SSSR count). The zero-order chi connectivity index (χ0) is 22.4. The number of nitrogens with zero attached hydrogens (tertiary/aromatic N) is 2. The van der Waals surface area contributed by atoms with E-state index < -0.39 is 34.3 Å². The van der Waals surface area contributed by atoms with E-state index in [9.17, 15) is 23.1 Å². The van der Waals surface area contributed by atoms with E-state index in [0.717, 1.165) is 17.7 Å². The number of morpholine rings is 1. The Morgan fingerprint density at radius 2 is 1.81 bits per heavy atom. The molecule has 1 aliphatic heterocycles. The zero-order valence-corrected chi connectivity index (χ0v) is 17.9. The third-order valence-corrected chi connectivity index (χ3v) is 6.71. The SMILES string of the molecule is CN(Cc1ccccc1)C(=O)COC(=O)c1cc(S(=O)(=O)N2CCOCC2)ccc1O. The van der Waals surface area contributed by atoms with Gasteiger partial charge in [-0.15, -0.1) is 0 Å². The molecule has 0 unspecified atom stereocenters.